The van der Waals surface area contributed by atoms with Gasteiger partial charge in [0.05, 0.1) is 21.9 Å². The van der Waals surface area contributed by atoms with Crippen molar-refractivity contribution in [3.8, 4) is 0 Å². The van der Waals surface area contributed by atoms with E-state index in [0.717, 1.165) is 6.26 Å². The Morgan fingerprint density at radius 2 is 1.47 bits per heavy atom. The van der Waals surface area contributed by atoms with Gasteiger partial charge in [0.15, 0.2) is 9.84 Å². The maximum atomic E-state index is 12.0. The highest BCUT2D eigenvalue weighted by Crippen LogP contribution is 2.21. The Kier molecular flexibility index (Phi) is 6.05. The molecule has 0 aromatic rings. The van der Waals surface area contributed by atoms with Crippen molar-refractivity contribution in [2.24, 2.45) is 5.92 Å². The van der Waals surface area contributed by atoms with Gasteiger partial charge < -0.3 is 5.11 Å². The van der Waals surface area contributed by atoms with Crippen LogP contribution in [-0.2, 0) is 19.7 Å². The van der Waals surface area contributed by atoms with Crippen molar-refractivity contribution in [1.29, 1.82) is 0 Å². The van der Waals surface area contributed by atoms with Crippen LogP contribution in [0.25, 0.3) is 0 Å². The topological polar surface area (TPSA) is 88.5 Å². The molecule has 3 unspecified atom stereocenters. The fourth-order valence-electron chi connectivity index (χ4n) is 1.62. The van der Waals surface area contributed by atoms with Crippen LogP contribution in [0.2, 0.25) is 0 Å². The monoisotopic (exact) mass is 314 g/mol. The standard InChI is InChI=1S/C12H26O5S2/c1-9(10(2)18(6,14)15)7-8-19(16,17)11(3)12(4,5)13/h9-11,13H,7-8H2,1-6H3. The molecule has 0 fully saturated rings. The second-order valence-corrected chi connectivity index (χ2v) is 10.8. The third-order valence-corrected chi connectivity index (χ3v) is 8.14. The Morgan fingerprint density at radius 1 is 1.05 bits per heavy atom. The van der Waals surface area contributed by atoms with Crippen LogP contribution in [0.3, 0.4) is 0 Å². The Labute approximate surface area is 117 Å². The van der Waals surface area contributed by atoms with Crippen molar-refractivity contribution < 1.29 is 21.9 Å². The molecule has 0 aliphatic heterocycles. The zero-order valence-electron chi connectivity index (χ0n) is 12.5. The normalized spacial score (nSPS) is 18.9. The van der Waals surface area contributed by atoms with E-state index in [-0.39, 0.29) is 18.1 Å². The van der Waals surface area contributed by atoms with E-state index < -0.39 is 35.8 Å². The predicted molar refractivity (Wildman–Crippen MR) is 77.6 cm³/mol. The molecule has 0 aromatic heterocycles. The van der Waals surface area contributed by atoms with Gasteiger partial charge in [-0.15, -0.1) is 0 Å². The van der Waals surface area contributed by atoms with Gasteiger partial charge in [-0.3, -0.25) is 0 Å². The lowest BCUT2D eigenvalue weighted by atomic mass is 10.1. The first-order valence-corrected chi connectivity index (χ1v) is 9.99. The lowest BCUT2D eigenvalue weighted by Crippen LogP contribution is -2.41. The van der Waals surface area contributed by atoms with E-state index in [9.17, 15) is 21.9 Å². The summed E-state index contributed by atoms with van der Waals surface area (Å²) in [5.41, 5.74) is -1.30. The molecule has 1 N–H and O–H groups in total. The molecule has 19 heavy (non-hydrogen) atoms. The van der Waals surface area contributed by atoms with Gasteiger partial charge >= 0.3 is 0 Å². The first kappa shape index (κ1) is 18.9. The van der Waals surface area contributed by atoms with Crippen LogP contribution in [0.1, 0.15) is 41.0 Å². The van der Waals surface area contributed by atoms with Gasteiger partial charge in [-0.1, -0.05) is 6.92 Å². The smallest absolute Gasteiger partial charge is 0.155 e. The lowest BCUT2D eigenvalue weighted by molar-refractivity contribution is 0.0796. The molecule has 0 spiro atoms. The quantitative estimate of drug-likeness (QED) is 0.758. The fraction of sp³-hybridized carbons (Fsp3) is 1.00. The summed E-state index contributed by atoms with van der Waals surface area (Å²) in [6, 6.07) is 0. The van der Waals surface area contributed by atoms with Crippen LogP contribution in [0.15, 0.2) is 0 Å². The maximum absolute atomic E-state index is 12.0. The van der Waals surface area contributed by atoms with E-state index in [2.05, 4.69) is 0 Å². The van der Waals surface area contributed by atoms with E-state index in [0.29, 0.717) is 0 Å². The van der Waals surface area contributed by atoms with Crippen LogP contribution < -0.4 is 0 Å². The molecular formula is C12H26O5S2. The first-order valence-electron chi connectivity index (χ1n) is 6.32. The summed E-state index contributed by atoms with van der Waals surface area (Å²) in [6.07, 6.45) is 1.43. The lowest BCUT2D eigenvalue weighted by Gasteiger charge is -2.26. The molecule has 0 heterocycles. The van der Waals surface area contributed by atoms with Crippen LogP contribution in [0.5, 0.6) is 0 Å². The molecule has 0 saturated carbocycles. The summed E-state index contributed by atoms with van der Waals surface area (Å²) in [5, 5.41) is 8.31. The second kappa shape index (κ2) is 6.10. The molecule has 0 aliphatic carbocycles. The highest BCUT2D eigenvalue weighted by Gasteiger charge is 2.34. The zero-order chi connectivity index (χ0) is 15.6. The van der Waals surface area contributed by atoms with Gasteiger partial charge in [-0.05, 0) is 40.0 Å². The van der Waals surface area contributed by atoms with Crippen molar-refractivity contribution >= 4 is 19.7 Å². The first-order chi connectivity index (χ1) is 8.19. The van der Waals surface area contributed by atoms with E-state index >= 15 is 0 Å². The molecule has 7 heteroatoms. The molecule has 5 nitrogen and oxygen atoms in total. The summed E-state index contributed by atoms with van der Waals surface area (Å²) in [5.74, 6) is -0.349. The zero-order valence-corrected chi connectivity index (χ0v) is 14.2. The maximum Gasteiger partial charge on any atom is 0.155 e. The molecule has 0 rings (SSSR count). The van der Waals surface area contributed by atoms with Crippen molar-refractivity contribution in [1.82, 2.24) is 0 Å². The number of hydrogen-bond acceptors (Lipinski definition) is 5. The van der Waals surface area contributed by atoms with E-state index in [4.69, 9.17) is 0 Å². The van der Waals surface area contributed by atoms with Gasteiger partial charge in [-0.25, -0.2) is 16.8 Å². The number of hydrogen-bond donors (Lipinski definition) is 1. The predicted octanol–water partition coefficient (Wildman–Crippen LogP) is 1.02. The summed E-state index contributed by atoms with van der Waals surface area (Å²) in [4.78, 5) is 0. The van der Waals surface area contributed by atoms with Gasteiger partial charge in [0.2, 0.25) is 0 Å². The van der Waals surface area contributed by atoms with Gasteiger partial charge in [0.25, 0.3) is 0 Å². The van der Waals surface area contributed by atoms with Crippen molar-refractivity contribution in [3.05, 3.63) is 0 Å². The minimum atomic E-state index is -3.44. The van der Waals surface area contributed by atoms with Crippen LogP contribution in [-0.4, -0.2) is 50.1 Å². The second-order valence-electron chi connectivity index (χ2n) is 5.96. The van der Waals surface area contributed by atoms with Gasteiger partial charge in [0.1, 0.15) is 9.84 Å². The van der Waals surface area contributed by atoms with Crippen LogP contribution in [0.4, 0.5) is 0 Å². The average Bonchev–Trinajstić information content (AvgIpc) is 2.21. The Balaban J connectivity index is 4.75. The Hall–Kier alpha value is -0.140. The Bertz CT molecular complexity index is 485. The number of sulfone groups is 2. The van der Waals surface area contributed by atoms with Gasteiger partial charge in [0, 0.05) is 6.26 Å². The van der Waals surface area contributed by atoms with Crippen molar-refractivity contribution in [3.63, 3.8) is 0 Å². The summed E-state index contributed by atoms with van der Waals surface area (Å²) in [7, 11) is -6.60. The van der Waals surface area contributed by atoms with Crippen molar-refractivity contribution in [2.75, 3.05) is 12.0 Å². The molecule has 0 aliphatic rings. The number of rotatable bonds is 7. The average molecular weight is 314 g/mol. The summed E-state index contributed by atoms with van der Waals surface area (Å²) < 4.78 is 46.9. The van der Waals surface area contributed by atoms with E-state index in [1.165, 1.54) is 20.8 Å². The molecular weight excluding hydrogens is 288 g/mol. The van der Waals surface area contributed by atoms with Crippen LogP contribution in [0, 0.1) is 5.92 Å². The SMILES string of the molecule is CC(CCS(=O)(=O)C(C)C(C)(C)O)C(C)S(C)(=O)=O. The van der Waals surface area contributed by atoms with E-state index in [1.807, 2.05) is 0 Å². The minimum Gasteiger partial charge on any atom is -0.389 e. The molecule has 0 amide bonds. The molecule has 0 radical (unpaired) electrons. The molecule has 0 aromatic carbocycles. The molecule has 0 bridgehead atoms. The third kappa shape index (κ3) is 5.79. The third-order valence-electron chi connectivity index (χ3n) is 3.87. The van der Waals surface area contributed by atoms with E-state index in [1.54, 1.807) is 13.8 Å². The highest BCUT2D eigenvalue weighted by atomic mass is 32.2. The fourth-order valence-corrected chi connectivity index (χ4v) is 4.54. The Morgan fingerprint density at radius 3 is 1.79 bits per heavy atom. The molecule has 0 saturated heterocycles. The summed E-state index contributed by atoms with van der Waals surface area (Å²) in [6.45, 7) is 7.71. The molecule has 116 valence electrons. The molecule has 3 atom stereocenters. The summed E-state index contributed by atoms with van der Waals surface area (Å²) >= 11 is 0. The largest absolute Gasteiger partial charge is 0.389 e. The highest BCUT2D eigenvalue weighted by molar-refractivity contribution is 7.92. The van der Waals surface area contributed by atoms with Gasteiger partial charge in [-0.2, -0.15) is 0 Å². The van der Waals surface area contributed by atoms with Crippen molar-refractivity contribution in [2.45, 2.75) is 57.1 Å². The number of aliphatic hydroxyl groups is 1. The minimum absolute atomic E-state index is 0.112. The van der Waals surface area contributed by atoms with Crippen LogP contribution >= 0.6 is 0 Å².